The van der Waals surface area contributed by atoms with Crippen molar-refractivity contribution in [3.8, 4) is 11.8 Å². The van der Waals surface area contributed by atoms with Gasteiger partial charge in [0.05, 0.1) is 23.8 Å². The van der Waals surface area contributed by atoms with E-state index in [0.717, 1.165) is 0 Å². The van der Waals surface area contributed by atoms with E-state index in [1.807, 2.05) is 6.07 Å². The Labute approximate surface area is 167 Å². The molecule has 8 heteroatoms. The van der Waals surface area contributed by atoms with Crippen LogP contribution < -0.4 is 15.4 Å². The van der Waals surface area contributed by atoms with Crippen LogP contribution in [0.25, 0.3) is 0 Å². The highest BCUT2D eigenvalue weighted by Gasteiger charge is 2.12. The number of benzene rings is 2. The van der Waals surface area contributed by atoms with Crippen LogP contribution in [0, 0.1) is 18.3 Å². The van der Waals surface area contributed by atoms with E-state index in [2.05, 4.69) is 20.6 Å². The maximum Gasteiger partial charge on any atom is 0.274 e. The van der Waals surface area contributed by atoms with Gasteiger partial charge in [0.1, 0.15) is 11.4 Å². The Kier molecular flexibility index (Phi) is 5.72. The zero-order valence-corrected chi connectivity index (χ0v) is 15.9. The summed E-state index contributed by atoms with van der Waals surface area (Å²) in [5, 5.41) is 15.2. The number of nitriles is 1. The summed E-state index contributed by atoms with van der Waals surface area (Å²) >= 11 is 6.13. The second-order valence-electron chi connectivity index (χ2n) is 5.84. The first kappa shape index (κ1) is 19.1. The molecule has 3 rings (SSSR count). The Hall–Kier alpha value is -3.63. The Morgan fingerprint density at radius 2 is 1.96 bits per heavy atom. The summed E-state index contributed by atoms with van der Waals surface area (Å²) in [5.41, 5.74) is 2.43. The number of carbonyl (C=O) groups is 1. The normalized spacial score (nSPS) is 10.1. The first-order valence-electron chi connectivity index (χ1n) is 8.26. The van der Waals surface area contributed by atoms with Gasteiger partial charge in [0, 0.05) is 17.1 Å². The largest absolute Gasteiger partial charge is 0.495 e. The number of nitrogens with zero attached hydrogens (tertiary/aromatic N) is 3. The molecule has 0 atom stereocenters. The van der Waals surface area contributed by atoms with E-state index in [1.54, 1.807) is 55.5 Å². The highest BCUT2D eigenvalue weighted by Crippen LogP contribution is 2.28. The lowest BCUT2D eigenvalue weighted by molar-refractivity contribution is 0.102. The molecule has 28 heavy (non-hydrogen) atoms. The Morgan fingerprint density at radius 1 is 1.14 bits per heavy atom. The highest BCUT2D eigenvalue weighted by atomic mass is 35.5. The van der Waals surface area contributed by atoms with Crippen LogP contribution in [0.1, 0.15) is 21.7 Å². The average Bonchev–Trinajstić information content (AvgIpc) is 2.68. The molecule has 1 heterocycles. The zero-order valence-electron chi connectivity index (χ0n) is 15.2. The molecule has 0 bridgehead atoms. The molecule has 0 saturated carbocycles. The van der Waals surface area contributed by atoms with E-state index < -0.39 is 5.91 Å². The van der Waals surface area contributed by atoms with Crippen molar-refractivity contribution in [2.24, 2.45) is 0 Å². The highest BCUT2D eigenvalue weighted by molar-refractivity contribution is 6.32. The molecule has 7 nitrogen and oxygen atoms in total. The van der Waals surface area contributed by atoms with Gasteiger partial charge in [-0.25, -0.2) is 9.97 Å². The summed E-state index contributed by atoms with van der Waals surface area (Å²) in [5.74, 6) is 0.408. The summed E-state index contributed by atoms with van der Waals surface area (Å²) in [7, 11) is 1.54. The number of rotatable bonds is 5. The number of aromatic nitrogens is 2. The molecule has 0 aliphatic heterocycles. The van der Waals surface area contributed by atoms with Gasteiger partial charge in [-0.1, -0.05) is 17.7 Å². The number of halogens is 1. The maximum atomic E-state index is 12.6. The third kappa shape index (κ3) is 4.55. The first-order chi connectivity index (χ1) is 13.5. The quantitative estimate of drug-likeness (QED) is 0.669. The molecule has 2 aromatic carbocycles. The van der Waals surface area contributed by atoms with E-state index in [0.29, 0.717) is 33.4 Å². The molecule has 0 unspecified atom stereocenters. The molecule has 0 aliphatic carbocycles. The molecular formula is C20H16ClN5O2. The van der Waals surface area contributed by atoms with Crippen LogP contribution in [0.4, 0.5) is 17.3 Å². The molecule has 0 fully saturated rings. The van der Waals surface area contributed by atoms with Gasteiger partial charge in [-0.3, -0.25) is 4.79 Å². The van der Waals surface area contributed by atoms with E-state index in [4.69, 9.17) is 21.6 Å². The van der Waals surface area contributed by atoms with Crippen LogP contribution in [0.2, 0.25) is 5.02 Å². The topological polar surface area (TPSA) is 99.9 Å². The number of hydrogen-bond acceptors (Lipinski definition) is 6. The summed E-state index contributed by atoms with van der Waals surface area (Å²) in [6.07, 6.45) is 0. The molecule has 0 aliphatic rings. The van der Waals surface area contributed by atoms with Crippen LogP contribution in [0.3, 0.4) is 0 Å². The molecule has 1 amide bonds. The number of aryl methyl sites for hydroxylation is 1. The number of carbonyl (C=O) groups excluding carboxylic acids is 1. The van der Waals surface area contributed by atoms with Gasteiger partial charge >= 0.3 is 0 Å². The van der Waals surface area contributed by atoms with Crippen molar-refractivity contribution in [3.05, 3.63) is 70.5 Å². The molecule has 0 radical (unpaired) electrons. The van der Waals surface area contributed by atoms with Gasteiger partial charge in [0.2, 0.25) is 5.95 Å². The number of methoxy groups -OCH3 is 1. The Bertz CT molecular complexity index is 1080. The van der Waals surface area contributed by atoms with E-state index >= 15 is 0 Å². The smallest absolute Gasteiger partial charge is 0.274 e. The van der Waals surface area contributed by atoms with Gasteiger partial charge in [0.15, 0.2) is 0 Å². The second-order valence-corrected chi connectivity index (χ2v) is 6.25. The van der Waals surface area contributed by atoms with Crippen molar-refractivity contribution in [1.29, 1.82) is 5.26 Å². The van der Waals surface area contributed by atoms with E-state index in [9.17, 15) is 4.79 Å². The molecular weight excluding hydrogens is 378 g/mol. The second kappa shape index (κ2) is 8.37. The Balaban J connectivity index is 1.81. The molecule has 140 valence electrons. The van der Waals surface area contributed by atoms with Crippen molar-refractivity contribution in [2.75, 3.05) is 17.7 Å². The van der Waals surface area contributed by atoms with E-state index in [1.165, 1.54) is 7.11 Å². The predicted molar refractivity (Wildman–Crippen MR) is 107 cm³/mol. The lowest BCUT2D eigenvalue weighted by Gasteiger charge is -2.10. The minimum absolute atomic E-state index is 0.192. The van der Waals surface area contributed by atoms with Gasteiger partial charge in [-0.15, -0.1) is 0 Å². The maximum absolute atomic E-state index is 12.6. The van der Waals surface area contributed by atoms with Crippen molar-refractivity contribution in [1.82, 2.24) is 9.97 Å². The van der Waals surface area contributed by atoms with Gasteiger partial charge in [0.25, 0.3) is 5.91 Å². The number of ether oxygens (including phenoxy) is 1. The number of nitrogens with one attached hydrogen (secondary N) is 2. The fraction of sp³-hybridized carbons (Fsp3) is 0.100. The molecule has 0 spiro atoms. The minimum atomic E-state index is -0.406. The van der Waals surface area contributed by atoms with Crippen LogP contribution >= 0.6 is 11.6 Å². The molecule has 3 aromatic rings. The summed E-state index contributed by atoms with van der Waals surface area (Å²) in [6, 6.07) is 15.4. The monoisotopic (exact) mass is 393 g/mol. The van der Waals surface area contributed by atoms with Gasteiger partial charge in [-0.05, 0) is 49.4 Å². The summed E-state index contributed by atoms with van der Waals surface area (Å²) in [6.45, 7) is 1.76. The standard InChI is InChI=1S/C20H16ClN5O2/c1-12-8-17(19(27)24-14-5-3-4-13(9-14)11-22)26-20(23-12)25-15-6-7-18(28-2)16(21)10-15/h3-10H,1-2H3,(H,24,27)(H,23,25,26). The van der Waals surface area contributed by atoms with E-state index in [-0.39, 0.29) is 11.6 Å². The number of anilines is 3. The summed E-state index contributed by atoms with van der Waals surface area (Å²) < 4.78 is 5.13. The molecule has 0 saturated heterocycles. The van der Waals surface area contributed by atoms with Crippen LogP contribution in [-0.4, -0.2) is 23.0 Å². The molecule has 1 aromatic heterocycles. The average molecular weight is 394 g/mol. The predicted octanol–water partition coefficient (Wildman–Crippen LogP) is 4.31. The number of hydrogen-bond donors (Lipinski definition) is 2. The van der Waals surface area contributed by atoms with Gasteiger partial charge < -0.3 is 15.4 Å². The fourth-order valence-corrected chi connectivity index (χ4v) is 2.73. The Morgan fingerprint density at radius 3 is 2.68 bits per heavy atom. The first-order valence-corrected chi connectivity index (χ1v) is 8.64. The minimum Gasteiger partial charge on any atom is -0.495 e. The number of amides is 1. The van der Waals surface area contributed by atoms with Crippen molar-refractivity contribution >= 4 is 34.8 Å². The van der Waals surface area contributed by atoms with Crippen molar-refractivity contribution < 1.29 is 9.53 Å². The summed E-state index contributed by atoms with van der Waals surface area (Å²) in [4.78, 5) is 21.1. The fourth-order valence-electron chi connectivity index (χ4n) is 2.48. The van der Waals surface area contributed by atoms with Crippen molar-refractivity contribution in [3.63, 3.8) is 0 Å². The van der Waals surface area contributed by atoms with Crippen molar-refractivity contribution in [2.45, 2.75) is 6.92 Å². The zero-order chi connectivity index (χ0) is 20.1. The SMILES string of the molecule is COc1ccc(Nc2nc(C)cc(C(=O)Nc3cccc(C#N)c3)n2)cc1Cl. The lowest BCUT2D eigenvalue weighted by atomic mass is 10.2. The lowest BCUT2D eigenvalue weighted by Crippen LogP contribution is -2.15. The third-order valence-corrected chi connectivity index (χ3v) is 4.04. The van der Waals surface area contributed by atoms with Crippen LogP contribution in [0.15, 0.2) is 48.5 Å². The molecule has 2 N–H and O–H groups in total. The van der Waals surface area contributed by atoms with Gasteiger partial charge in [-0.2, -0.15) is 5.26 Å². The van der Waals surface area contributed by atoms with Crippen LogP contribution in [0.5, 0.6) is 5.75 Å². The third-order valence-electron chi connectivity index (χ3n) is 3.74. The van der Waals surface area contributed by atoms with Crippen LogP contribution in [-0.2, 0) is 0 Å².